The molecule has 0 radical (unpaired) electrons. The number of benzene rings is 1. The highest BCUT2D eigenvalue weighted by atomic mass is 35.5. The van der Waals surface area contributed by atoms with Crippen LogP contribution in [-0.2, 0) is 14.3 Å². The summed E-state index contributed by atoms with van der Waals surface area (Å²) in [5.41, 5.74) is 0.639. The lowest BCUT2D eigenvalue weighted by Crippen LogP contribution is -2.23. The number of hydrogen-bond donors (Lipinski definition) is 0. The highest BCUT2D eigenvalue weighted by Crippen LogP contribution is 2.37. The van der Waals surface area contributed by atoms with E-state index >= 15 is 0 Å². The predicted octanol–water partition coefficient (Wildman–Crippen LogP) is 3.47. The smallest absolute Gasteiger partial charge is 0.344 e. The molecule has 1 fully saturated rings. The zero-order chi connectivity index (χ0) is 18.6. The molecule has 0 bridgehead atoms. The van der Waals surface area contributed by atoms with Crippen molar-refractivity contribution in [2.75, 3.05) is 27.3 Å². The van der Waals surface area contributed by atoms with Crippen LogP contribution in [0.5, 0.6) is 5.75 Å². The van der Waals surface area contributed by atoms with Gasteiger partial charge in [0.2, 0.25) is 0 Å². The van der Waals surface area contributed by atoms with E-state index in [2.05, 4.69) is 4.99 Å². The van der Waals surface area contributed by atoms with Crippen molar-refractivity contribution in [3.05, 3.63) is 32.6 Å². The molecule has 0 aromatic heterocycles. The molecule has 25 heavy (non-hydrogen) atoms. The van der Waals surface area contributed by atoms with E-state index in [0.29, 0.717) is 15.6 Å². The van der Waals surface area contributed by atoms with E-state index in [4.69, 9.17) is 32.7 Å². The third-order valence-electron chi connectivity index (χ3n) is 3.15. The molecule has 1 heterocycles. The summed E-state index contributed by atoms with van der Waals surface area (Å²) >= 11 is 13.6. The number of carbonyl (C=O) groups is 2. The fourth-order valence-electron chi connectivity index (χ4n) is 2.04. The largest absolute Gasteiger partial charge is 0.479 e. The van der Waals surface area contributed by atoms with E-state index in [1.54, 1.807) is 39.2 Å². The molecule has 0 saturated carbocycles. The molecule has 0 aliphatic carbocycles. The number of amidine groups is 1. The van der Waals surface area contributed by atoms with Crippen LogP contribution in [0.15, 0.2) is 22.0 Å². The zero-order valence-electron chi connectivity index (χ0n) is 13.8. The maximum absolute atomic E-state index is 12.2. The van der Waals surface area contributed by atoms with Crippen LogP contribution >= 0.6 is 35.0 Å². The van der Waals surface area contributed by atoms with Crippen molar-refractivity contribution < 1.29 is 19.1 Å². The first kappa shape index (κ1) is 19.6. The van der Waals surface area contributed by atoms with Gasteiger partial charge in [-0.1, -0.05) is 23.2 Å². The Morgan fingerprint density at radius 2 is 2.00 bits per heavy atom. The molecule has 0 atom stereocenters. The lowest BCUT2D eigenvalue weighted by molar-refractivity contribution is -0.145. The molecule has 0 spiro atoms. The molecule has 1 aliphatic heterocycles. The van der Waals surface area contributed by atoms with Gasteiger partial charge in [-0.3, -0.25) is 14.7 Å². The van der Waals surface area contributed by atoms with E-state index < -0.39 is 5.97 Å². The molecule has 0 unspecified atom stereocenters. The molecule has 1 aromatic carbocycles. The Hall–Kier alpha value is -1.70. The lowest BCUT2D eigenvalue weighted by Gasteiger charge is -2.10. The summed E-state index contributed by atoms with van der Waals surface area (Å²) in [6, 6.07) is 3.21. The van der Waals surface area contributed by atoms with Crippen LogP contribution in [0.1, 0.15) is 12.5 Å². The number of thioether (sulfide) groups is 1. The van der Waals surface area contributed by atoms with Crippen molar-refractivity contribution in [1.82, 2.24) is 4.90 Å². The maximum atomic E-state index is 12.2. The molecular weight excluding hydrogens is 387 g/mol. The average Bonchev–Trinajstić information content (AvgIpc) is 2.82. The summed E-state index contributed by atoms with van der Waals surface area (Å²) in [4.78, 5) is 29.6. The Labute approximate surface area is 159 Å². The average molecular weight is 403 g/mol. The predicted molar refractivity (Wildman–Crippen MR) is 100 cm³/mol. The summed E-state index contributed by atoms with van der Waals surface area (Å²) < 4.78 is 10.1. The zero-order valence-corrected chi connectivity index (χ0v) is 16.2. The Morgan fingerprint density at radius 3 is 2.52 bits per heavy atom. The van der Waals surface area contributed by atoms with Crippen molar-refractivity contribution in [3.8, 4) is 5.75 Å². The highest BCUT2D eigenvalue weighted by molar-refractivity contribution is 8.18. The summed E-state index contributed by atoms with van der Waals surface area (Å²) in [7, 11) is 3.28. The van der Waals surface area contributed by atoms with Gasteiger partial charge >= 0.3 is 5.97 Å². The Morgan fingerprint density at radius 1 is 1.36 bits per heavy atom. The number of esters is 1. The Kier molecular flexibility index (Phi) is 6.75. The topological polar surface area (TPSA) is 68.2 Å². The molecule has 0 N–H and O–H groups in total. The first-order chi connectivity index (χ1) is 11.9. The third kappa shape index (κ3) is 4.68. The van der Waals surface area contributed by atoms with Gasteiger partial charge in [0.25, 0.3) is 5.91 Å². The summed E-state index contributed by atoms with van der Waals surface area (Å²) in [5.74, 6) is -0.472. The number of likely N-dealkylation sites (N-methyl/N-ethyl adjacent to an activating group) is 1. The van der Waals surface area contributed by atoms with Crippen LogP contribution in [0.25, 0.3) is 6.08 Å². The standard InChI is InChI=1S/C16H16Cl2N2O4S/c1-4-23-13(21)8-24-14-10(17)5-9(6-11(14)18)7-12-15(22)20(3)16(19-2)25-12/h5-7H,4,8H2,1-3H3/b12-7-,19-16?. The fraction of sp³-hybridized carbons (Fsp3) is 0.312. The monoisotopic (exact) mass is 402 g/mol. The number of ether oxygens (including phenoxy) is 2. The summed E-state index contributed by atoms with van der Waals surface area (Å²) in [6.07, 6.45) is 1.68. The van der Waals surface area contributed by atoms with E-state index in [1.807, 2.05) is 0 Å². The molecule has 1 aromatic rings. The molecule has 2 rings (SSSR count). The number of carbonyl (C=O) groups excluding carboxylic acids is 2. The van der Waals surface area contributed by atoms with E-state index in [0.717, 1.165) is 0 Å². The highest BCUT2D eigenvalue weighted by Gasteiger charge is 2.29. The minimum Gasteiger partial charge on any atom is -0.479 e. The Bertz CT molecular complexity index is 741. The molecule has 134 valence electrons. The number of halogens is 2. The van der Waals surface area contributed by atoms with Gasteiger partial charge in [0, 0.05) is 14.1 Å². The second-order valence-corrected chi connectivity index (χ2v) is 6.71. The van der Waals surface area contributed by atoms with Crippen molar-refractivity contribution in [2.24, 2.45) is 4.99 Å². The number of hydrogen-bond acceptors (Lipinski definition) is 6. The van der Waals surface area contributed by atoms with Crippen LogP contribution in [-0.4, -0.2) is 49.3 Å². The van der Waals surface area contributed by atoms with E-state index in [1.165, 1.54) is 16.7 Å². The normalized spacial score (nSPS) is 17.5. The van der Waals surface area contributed by atoms with Gasteiger partial charge in [0.1, 0.15) is 0 Å². The van der Waals surface area contributed by atoms with Crippen molar-refractivity contribution >= 4 is 58.1 Å². The number of rotatable bonds is 5. The quantitative estimate of drug-likeness (QED) is 0.556. The molecule has 1 amide bonds. The van der Waals surface area contributed by atoms with Gasteiger partial charge in [0.15, 0.2) is 17.5 Å². The number of amides is 1. The van der Waals surface area contributed by atoms with Crippen LogP contribution in [0.4, 0.5) is 0 Å². The third-order valence-corrected chi connectivity index (χ3v) is 4.87. The van der Waals surface area contributed by atoms with Crippen LogP contribution < -0.4 is 4.74 Å². The van der Waals surface area contributed by atoms with Crippen LogP contribution in [0.2, 0.25) is 10.0 Å². The van der Waals surface area contributed by atoms with Crippen molar-refractivity contribution in [1.29, 1.82) is 0 Å². The fourth-order valence-corrected chi connectivity index (χ4v) is 3.58. The first-order valence-electron chi connectivity index (χ1n) is 7.29. The molecule has 9 heteroatoms. The number of aliphatic imine (C=N–C) groups is 1. The maximum Gasteiger partial charge on any atom is 0.344 e. The van der Waals surface area contributed by atoms with Gasteiger partial charge in [-0.25, -0.2) is 4.79 Å². The molecule has 6 nitrogen and oxygen atoms in total. The second-order valence-electron chi connectivity index (χ2n) is 4.89. The molecule has 1 saturated heterocycles. The first-order valence-corrected chi connectivity index (χ1v) is 8.86. The molecular formula is C16H16Cl2N2O4S. The number of nitrogens with zero attached hydrogens (tertiary/aromatic N) is 2. The van der Waals surface area contributed by atoms with Gasteiger partial charge in [-0.05, 0) is 42.5 Å². The van der Waals surface area contributed by atoms with E-state index in [-0.39, 0.29) is 34.9 Å². The summed E-state index contributed by atoms with van der Waals surface area (Å²) in [6.45, 7) is 1.68. The summed E-state index contributed by atoms with van der Waals surface area (Å²) in [5, 5.41) is 1.08. The van der Waals surface area contributed by atoms with Gasteiger partial charge in [-0.15, -0.1) is 0 Å². The SMILES string of the molecule is CCOC(=O)COc1c(Cl)cc(/C=C2\SC(=NC)N(C)C2=O)cc1Cl. The minimum absolute atomic E-state index is 0.152. The molecule has 1 aliphatic rings. The van der Waals surface area contributed by atoms with Gasteiger partial charge in [-0.2, -0.15) is 0 Å². The van der Waals surface area contributed by atoms with Gasteiger partial charge in [0.05, 0.1) is 21.6 Å². The van der Waals surface area contributed by atoms with Crippen molar-refractivity contribution in [2.45, 2.75) is 6.92 Å². The Balaban J connectivity index is 2.21. The van der Waals surface area contributed by atoms with Crippen LogP contribution in [0, 0.1) is 0 Å². The van der Waals surface area contributed by atoms with Crippen LogP contribution in [0.3, 0.4) is 0 Å². The van der Waals surface area contributed by atoms with Gasteiger partial charge < -0.3 is 9.47 Å². The lowest BCUT2D eigenvalue weighted by atomic mass is 10.2. The second kappa shape index (κ2) is 8.60. The van der Waals surface area contributed by atoms with E-state index in [9.17, 15) is 9.59 Å². The van der Waals surface area contributed by atoms with Crippen molar-refractivity contribution in [3.63, 3.8) is 0 Å². The minimum atomic E-state index is -0.511.